The molecule has 2 aromatic heterocycles. The average molecular weight is 313 g/mol. The summed E-state index contributed by atoms with van der Waals surface area (Å²) in [6.07, 6.45) is 5.28. The molecule has 1 N–H and O–H groups in total. The third-order valence-corrected chi connectivity index (χ3v) is 3.49. The number of benzene rings is 1. The monoisotopic (exact) mass is 313 g/mol. The van der Waals surface area contributed by atoms with Crippen LogP contribution in [0.5, 0.6) is 0 Å². The first-order chi connectivity index (χ1) is 11.2. The van der Waals surface area contributed by atoms with E-state index in [1.807, 2.05) is 18.3 Å². The quantitative estimate of drug-likeness (QED) is 0.761. The minimum Gasteiger partial charge on any atom is -0.467 e. The predicted molar refractivity (Wildman–Crippen MR) is 82.2 cm³/mol. The van der Waals surface area contributed by atoms with E-state index < -0.39 is 0 Å². The van der Waals surface area contributed by atoms with Gasteiger partial charge in [-0.2, -0.15) is 5.10 Å². The number of nitrogens with zero attached hydrogens (tertiary/aromatic N) is 2. The van der Waals surface area contributed by atoms with Crippen molar-refractivity contribution in [2.24, 2.45) is 0 Å². The lowest BCUT2D eigenvalue weighted by Crippen LogP contribution is -2.32. The molecule has 1 amide bonds. The molecule has 0 radical (unpaired) electrons. The smallest absolute Gasteiger partial charge is 0.224 e. The molecule has 3 aromatic rings. The van der Waals surface area contributed by atoms with E-state index in [2.05, 4.69) is 10.4 Å². The van der Waals surface area contributed by atoms with Gasteiger partial charge < -0.3 is 9.73 Å². The zero-order valence-corrected chi connectivity index (χ0v) is 12.4. The molecule has 0 saturated carbocycles. The molecule has 3 rings (SSSR count). The van der Waals surface area contributed by atoms with Crippen LogP contribution < -0.4 is 5.32 Å². The first kappa shape index (κ1) is 15.0. The van der Waals surface area contributed by atoms with E-state index in [0.29, 0.717) is 6.54 Å². The second-order valence-electron chi connectivity index (χ2n) is 5.12. The van der Waals surface area contributed by atoms with Crippen molar-refractivity contribution in [1.29, 1.82) is 0 Å². The highest BCUT2D eigenvalue weighted by atomic mass is 19.1. The second-order valence-corrected chi connectivity index (χ2v) is 5.12. The van der Waals surface area contributed by atoms with Gasteiger partial charge in [-0.1, -0.05) is 12.1 Å². The van der Waals surface area contributed by atoms with Gasteiger partial charge in [-0.25, -0.2) is 4.39 Å². The Labute approximate surface area is 132 Å². The number of aromatic nitrogens is 2. The Balaban J connectivity index is 1.62. The number of furan rings is 1. The molecule has 0 spiro atoms. The average Bonchev–Trinajstić information content (AvgIpc) is 3.24. The normalized spacial score (nSPS) is 12.0. The summed E-state index contributed by atoms with van der Waals surface area (Å²) >= 11 is 0. The van der Waals surface area contributed by atoms with Crippen LogP contribution in [0.3, 0.4) is 0 Å². The standard InChI is InChI=1S/C17H16FN3O2/c18-14-6-4-13(5-7-14)11-17(22)19-12-15(16-3-1-10-23-16)21-9-2-8-20-21/h1-10,15H,11-12H2,(H,19,22)/t15-/m0/s1. The third-order valence-electron chi connectivity index (χ3n) is 3.49. The molecule has 0 saturated heterocycles. The Morgan fingerprint density at radius 1 is 1.26 bits per heavy atom. The topological polar surface area (TPSA) is 60.1 Å². The number of carbonyl (C=O) groups excluding carboxylic acids is 1. The fraction of sp³-hybridized carbons (Fsp3) is 0.176. The van der Waals surface area contributed by atoms with Crippen LogP contribution in [0.4, 0.5) is 4.39 Å². The molecule has 23 heavy (non-hydrogen) atoms. The molecule has 0 aliphatic rings. The van der Waals surface area contributed by atoms with E-state index in [1.165, 1.54) is 12.1 Å². The molecular weight excluding hydrogens is 297 g/mol. The van der Waals surface area contributed by atoms with Crippen molar-refractivity contribution in [1.82, 2.24) is 15.1 Å². The van der Waals surface area contributed by atoms with E-state index in [-0.39, 0.29) is 24.2 Å². The van der Waals surface area contributed by atoms with Gasteiger partial charge in [0, 0.05) is 18.9 Å². The Morgan fingerprint density at radius 2 is 2.09 bits per heavy atom. The number of halogens is 1. The summed E-state index contributed by atoms with van der Waals surface area (Å²) in [5, 5.41) is 7.08. The van der Waals surface area contributed by atoms with Crippen molar-refractivity contribution < 1.29 is 13.6 Å². The van der Waals surface area contributed by atoms with Crippen molar-refractivity contribution in [3.8, 4) is 0 Å². The number of carbonyl (C=O) groups is 1. The van der Waals surface area contributed by atoms with Gasteiger partial charge in [0.15, 0.2) is 0 Å². The fourth-order valence-corrected chi connectivity index (χ4v) is 2.33. The van der Waals surface area contributed by atoms with Crippen LogP contribution in [0.15, 0.2) is 65.5 Å². The Kier molecular flexibility index (Phi) is 4.52. The zero-order valence-electron chi connectivity index (χ0n) is 12.4. The van der Waals surface area contributed by atoms with Crippen LogP contribution >= 0.6 is 0 Å². The maximum absolute atomic E-state index is 12.9. The number of nitrogens with one attached hydrogen (secondary N) is 1. The van der Waals surface area contributed by atoms with Gasteiger partial charge in [0.1, 0.15) is 17.6 Å². The molecule has 118 valence electrons. The van der Waals surface area contributed by atoms with Crippen LogP contribution in [-0.4, -0.2) is 22.2 Å². The molecule has 0 fully saturated rings. The largest absolute Gasteiger partial charge is 0.467 e. The number of hydrogen-bond donors (Lipinski definition) is 1. The molecule has 1 aromatic carbocycles. The van der Waals surface area contributed by atoms with Crippen LogP contribution in [0.1, 0.15) is 17.4 Å². The van der Waals surface area contributed by atoms with Crippen LogP contribution in [0.25, 0.3) is 0 Å². The third kappa shape index (κ3) is 3.85. The second kappa shape index (κ2) is 6.91. The number of rotatable bonds is 6. The SMILES string of the molecule is O=C(Cc1ccc(F)cc1)NC[C@@H](c1ccco1)n1cccn1. The fourth-order valence-electron chi connectivity index (χ4n) is 2.33. The highest BCUT2D eigenvalue weighted by Crippen LogP contribution is 2.17. The minimum atomic E-state index is -0.314. The van der Waals surface area contributed by atoms with Gasteiger partial charge >= 0.3 is 0 Å². The Morgan fingerprint density at radius 3 is 2.74 bits per heavy atom. The summed E-state index contributed by atoms with van der Waals surface area (Å²) in [6, 6.07) is 11.1. The van der Waals surface area contributed by atoms with E-state index in [1.54, 1.807) is 35.3 Å². The number of hydrogen-bond acceptors (Lipinski definition) is 3. The molecule has 0 aliphatic heterocycles. The van der Waals surface area contributed by atoms with Crippen LogP contribution in [-0.2, 0) is 11.2 Å². The lowest BCUT2D eigenvalue weighted by Gasteiger charge is -2.16. The van der Waals surface area contributed by atoms with Crippen molar-refractivity contribution in [2.45, 2.75) is 12.5 Å². The first-order valence-corrected chi connectivity index (χ1v) is 7.26. The number of amides is 1. The molecular formula is C17H16FN3O2. The first-order valence-electron chi connectivity index (χ1n) is 7.26. The maximum Gasteiger partial charge on any atom is 0.224 e. The van der Waals surface area contributed by atoms with E-state index in [4.69, 9.17) is 4.42 Å². The van der Waals surface area contributed by atoms with Crippen molar-refractivity contribution in [3.63, 3.8) is 0 Å². The molecule has 0 unspecified atom stereocenters. The van der Waals surface area contributed by atoms with Gasteiger partial charge in [-0.15, -0.1) is 0 Å². The molecule has 0 aliphatic carbocycles. The summed E-state index contributed by atoms with van der Waals surface area (Å²) in [4.78, 5) is 12.1. The molecule has 1 atom stereocenters. The van der Waals surface area contributed by atoms with Gasteiger partial charge in [0.25, 0.3) is 0 Å². The summed E-state index contributed by atoms with van der Waals surface area (Å²) in [5.41, 5.74) is 0.762. The van der Waals surface area contributed by atoms with E-state index >= 15 is 0 Å². The van der Waals surface area contributed by atoms with Gasteiger partial charge in [-0.3, -0.25) is 9.48 Å². The lowest BCUT2D eigenvalue weighted by atomic mass is 10.1. The Hall–Kier alpha value is -2.89. The van der Waals surface area contributed by atoms with E-state index in [9.17, 15) is 9.18 Å². The highest BCUT2D eigenvalue weighted by molar-refractivity contribution is 5.78. The van der Waals surface area contributed by atoms with Gasteiger partial charge in [-0.05, 0) is 35.9 Å². The minimum absolute atomic E-state index is 0.139. The molecule has 2 heterocycles. The molecule has 0 bridgehead atoms. The maximum atomic E-state index is 12.9. The van der Waals surface area contributed by atoms with Crippen molar-refractivity contribution in [3.05, 3.63) is 78.3 Å². The summed E-state index contributed by atoms with van der Waals surface area (Å²) in [7, 11) is 0. The summed E-state index contributed by atoms with van der Waals surface area (Å²) < 4.78 is 20.0. The summed E-state index contributed by atoms with van der Waals surface area (Å²) in [6.45, 7) is 0.356. The van der Waals surface area contributed by atoms with Crippen LogP contribution in [0.2, 0.25) is 0 Å². The zero-order chi connectivity index (χ0) is 16.1. The van der Waals surface area contributed by atoms with Crippen molar-refractivity contribution >= 4 is 5.91 Å². The molecule has 5 nitrogen and oxygen atoms in total. The Bertz CT molecular complexity index is 703. The summed E-state index contributed by atoms with van der Waals surface area (Å²) in [5.74, 6) is 0.266. The van der Waals surface area contributed by atoms with Crippen molar-refractivity contribution in [2.75, 3.05) is 6.54 Å². The van der Waals surface area contributed by atoms with Gasteiger partial charge in [0.05, 0.1) is 12.7 Å². The van der Waals surface area contributed by atoms with E-state index in [0.717, 1.165) is 11.3 Å². The van der Waals surface area contributed by atoms with Crippen LogP contribution in [0, 0.1) is 5.82 Å². The van der Waals surface area contributed by atoms with Gasteiger partial charge in [0.2, 0.25) is 5.91 Å². The highest BCUT2D eigenvalue weighted by Gasteiger charge is 2.18. The molecule has 6 heteroatoms. The predicted octanol–water partition coefficient (Wildman–Crippen LogP) is 2.56. The lowest BCUT2D eigenvalue weighted by molar-refractivity contribution is -0.120.